The molecule has 0 bridgehead atoms. The van der Waals surface area contributed by atoms with Gasteiger partial charge in [-0.05, 0) is 74.3 Å². The van der Waals surface area contributed by atoms with E-state index in [2.05, 4.69) is 5.32 Å². The van der Waals surface area contributed by atoms with Crippen molar-refractivity contribution in [2.75, 3.05) is 19.7 Å². The molecule has 0 saturated heterocycles. The summed E-state index contributed by atoms with van der Waals surface area (Å²) in [6.07, 6.45) is 0.208. The van der Waals surface area contributed by atoms with Gasteiger partial charge in [0.05, 0.1) is 0 Å². The first-order valence-corrected chi connectivity index (χ1v) is 12.2. The van der Waals surface area contributed by atoms with Crippen molar-refractivity contribution in [1.29, 1.82) is 0 Å². The van der Waals surface area contributed by atoms with E-state index in [1.165, 1.54) is 0 Å². The Bertz CT molecular complexity index is 994. The topological polar surface area (TPSA) is 77.0 Å². The highest BCUT2D eigenvalue weighted by Gasteiger charge is 2.19. The molecule has 0 fully saturated rings. The first-order valence-electron chi connectivity index (χ1n) is 11.3. The lowest BCUT2D eigenvalue weighted by Crippen LogP contribution is -2.32. The Morgan fingerprint density at radius 1 is 0.853 bits per heavy atom. The Morgan fingerprint density at radius 3 is 2.12 bits per heavy atom. The summed E-state index contributed by atoms with van der Waals surface area (Å²) in [4.78, 5) is 0. The molecule has 0 spiro atoms. The molecule has 6 nitrogen and oxygen atoms in total. The summed E-state index contributed by atoms with van der Waals surface area (Å²) < 4.78 is 28.2. The van der Waals surface area contributed by atoms with Crippen LogP contribution in [0.4, 0.5) is 0 Å². The normalized spacial score (nSPS) is 12.3. The lowest BCUT2D eigenvalue weighted by Gasteiger charge is -2.18. The molecule has 1 atom stereocenters. The average Bonchev–Trinajstić information content (AvgIpc) is 2.86. The number of nitrogens with one attached hydrogen (secondary N) is 1. The van der Waals surface area contributed by atoms with Crippen LogP contribution in [0.1, 0.15) is 25.0 Å². The van der Waals surface area contributed by atoms with E-state index in [0.29, 0.717) is 24.7 Å². The molecule has 0 aliphatic carbocycles. The van der Waals surface area contributed by atoms with Gasteiger partial charge in [-0.15, -0.1) is 0 Å². The molecule has 0 heterocycles. The molecule has 0 aliphatic rings. The highest BCUT2D eigenvalue weighted by atomic mass is 31.1. The molecule has 3 aromatic carbocycles. The number of hydrogen-bond donors (Lipinski definition) is 2. The molecule has 2 N–H and O–H groups in total. The Morgan fingerprint density at radius 2 is 1.47 bits per heavy atom. The molecule has 3 rings (SSSR count). The van der Waals surface area contributed by atoms with Gasteiger partial charge in [0.2, 0.25) is 8.46 Å². The Labute approximate surface area is 203 Å². The van der Waals surface area contributed by atoms with Gasteiger partial charge in [-0.1, -0.05) is 42.5 Å². The summed E-state index contributed by atoms with van der Waals surface area (Å²) in [5.41, 5.74) is 2.27. The van der Waals surface area contributed by atoms with Gasteiger partial charge >= 0.3 is 0 Å². The second-order valence-electron chi connectivity index (χ2n) is 8.45. The maximum absolute atomic E-state index is 11.1. The van der Waals surface area contributed by atoms with Gasteiger partial charge in [-0.3, -0.25) is 4.57 Å². The molecular weight excluding hydrogens is 449 g/mol. The van der Waals surface area contributed by atoms with Gasteiger partial charge in [0, 0.05) is 6.54 Å². The fourth-order valence-electron chi connectivity index (χ4n) is 3.16. The van der Waals surface area contributed by atoms with E-state index in [-0.39, 0.29) is 15.1 Å². The Balaban J connectivity index is 1.30. The monoisotopic (exact) mass is 481 g/mol. The number of hydrogen-bond acceptors (Lipinski definition) is 6. The summed E-state index contributed by atoms with van der Waals surface area (Å²) in [6.45, 7) is 5.43. The van der Waals surface area contributed by atoms with Crippen LogP contribution in [0.25, 0.3) is 0 Å². The summed E-state index contributed by atoms with van der Waals surface area (Å²) in [7, 11) is -0.0523. The molecule has 0 unspecified atom stereocenters. The van der Waals surface area contributed by atoms with Crippen LogP contribution in [-0.2, 0) is 17.6 Å². The zero-order valence-corrected chi connectivity index (χ0v) is 20.5. The van der Waals surface area contributed by atoms with Crippen LogP contribution in [0, 0.1) is 0 Å². The van der Waals surface area contributed by atoms with Gasteiger partial charge in [-0.25, -0.2) is 0 Å². The largest absolute Gasteiger partial charge is 0.491 e. The van der Waals surface area contributed by atoms with Crippen LogP contribution in [0.15, 0.2) is 78.9 Å². The van der Waals surface area contributed by atoms with E-state index in [4.69, 9.17) is 14.2 Å². The molecule has 3 aromatic rings. The highest BCUT2D eigenvalue weighted by Crippen LogP contribution is 2.26. The zero-order valence-electron chi connectivity index (χ0n) is 19.6. The fourth-order valence-corrected chi connectivity index (χ4v) is 3.30. The predicted molar refractivity (Wildman–Crippen MR) is 134 cm³/mol. The second kappa shape index (κ2) is 13.1. The third-order valence-electron chi connectivity index (χ3n) is 5.00. The van der Waals surface area contributed by atoms with Crippen molar-refractivity contribution >= 4 is 8.46 Å². The minimum absolute atomic E-state index is 0.0523. The van der Waals surface area contributed by atoms with Crippen LogP contribution in [0.3, 0.4) is 0 Å². The number of aliphatic hydroxyl groups excluding tert-OH is 1. The molecule has 0 radical (unpaired) electrons. The van der Waals surface area contributed by atoms with Crippen molar-refractivity contribution < 1.29 is 23.9 Å². The van der Waals surface area contributed by atoms with Crippen molar-refractivity contribution in [3.8, 4) is 17.2 Å². The van der Waals surface area contributed by atoms with Crippen LogP contribution >= 0.6 is 8.46 Å². The smallest absolute Gasteiger partial charge is 0.203 e. The maximum Gasteiger partial charge on any atom is 0.203 e. The van der Waals surface area contributed by atoms with E-state index < -0.39 is 11.4 Å². The standard InChI is InChI=1S/C27H32NO5P/c1-27(2,34-30)33-26-10-8-21(9-11-26)16-17-28-18-23(29)20-32-25-14-12-24(13-15-25)31-19-22-6-4-3-5-7-22/h3-15,23,28-29H,16-20H2,1-2H3/t23-/m0/s1. The predicted octanol–water partition coefficient (Wildman–Crippen LogP) is 5.24. The van der Waals surface area contributed by atoms with E-state index >= 15 is 0 Å². The van der Waals surface area contributed by atoms with Gasteiger partial charge in [0.25, 0.3) is 0 Å². The van der Waals surface area contributed by atoms with Crippen LogP contribution in [0.5, 0.6) is 17.2 Å². The summed E-state index contributed by atoms with van der Waals surface area (Å²) in [5.74, 6) is 2.15. The van der Waals surface area contributed by atoms with Crippen molar-refractivity contribution in [2.45, 2.75) is 38.3 Å². The van der Waals surface area contributed by atoms with Crippen LogP contribution < -0.4 is 19.5 Å². The number of ether oxygens (including phenoxy) is 3. The third-order valence-corrected chi connectivity index (χ3v) is 5.53. The lowest BCUT2D eigenvalue weighted by atomic mass is 10.1. The van der Waals surface area contributed by atoms with E-state index in [1.807, 2.05) is 78.9 Å². The number of aliphatic hydroxyl groups is 1. The van der Waals surface area contributed by atoms with Crippen molar-refractivity contribution in [2.24, 2.45) is 0 Å². The number of rotatable bonds is 14. The Hall–Kier alpha value is -2.92. The molecule has 0 amide bonds. The summed E-state index contributed by atoms with van der Waals surface area (Å²) in [5, 5.41) is 12.7. The molecule has 0 aliphatic heterocycles. The fraction of sp³-hybridized carbons (Fsp3) is 0.333. The van der Waals surface area contributed by atoms with Crippen LogP contribution in [-0.4, -0.2) is 36.2 Å². The zero-order chi connectivity index (χ0) is 24.2. The van der Waals surface area contributed by atoms with Crippen molar-refractivity contribution in [3.05, 3.63) is 90.0 Å². The van der Waals surface area contributed by atoms with E-state index in [0.717, 1.165) is 29.8 Å². The molecular formula is C27H32NO5P. The van der Waals surface area contributed by atoms with Crippen LogP contribution in [0.2, 0.25) is 0 Å². The van der Waals surface area contributed by atoms with Gasteiger partial charge in [0.15, 0.2) is 5.34 Å². The van der Waals surface area contributed by atoms with E-state index in [1.54, 1.807) is 13.8 Å². The van der Waals surface area contributed by atoms with Gasteiger partial charge in [0.1, 0.15) is 36.6 Å². The minimum Gasteiger partial charge on any atom is -0.491 e. The first kappa shape index (κ1) is 25.7. The minimum atomic E-state index is -0.737. The van der Waals surface area contributed by atoms with Crippen molar-refractivity contribution in [1.82, 2.24) is 5.32 Å². The Kier molecular flexibility index (Phi) is 9.89. The summed E-state index contributed by atoms with van der Waals surface area (Å²) >= 11 is 0. The maximum atomic E-state index is 11.1. The second-order valence-corrected chi connectivity index (χ2v) is 9.71. The first-order chi connectivity index (χ1) is 16.4. The van der Waals surface area contributed by atoms with Crippen molar-refractivity contribution in [3.63, 3.8) is 0 Å². The molecule has 180 valence electrons. The summed E-state index contributed by atoms with van der Waals surface area (Å²) in [6, 6.07) is 25.1. The average molecular weight is 482 g/mol. The number of benzene rings is 3. The lowest BCUT2D eigenvalue weighted by molar-refractivity contribution is 0.106. The highest BCUT2D eigenvalue weighted by molar-refractivity contribution is 7.25. The quantitative estimate of drug-likeness (QED) is 0.242. The molecule has 0 aromatic heterocycles. The molecule has 7 heteroatoms. The SMILES string of the molecule is CC(C)(Oc1ccc(CCNC[C@H](O)COc2ccc(OCc3ccccc3)cc2)cc1)P=O. The third kappa shape index (κ3) is 9.14. The van der Waals surface area contributed by atoms with Gasteiger partial charge < -0.3 is 24.6 Å². The molecule has 0 saturated carbocycles. The molecule has 34 heavy (non-hydrogen) atoms. The van der Waals surface area contributed by atoms with Gasteiger partial charge in [-0.2, -0.15) is 0 Å². The van der Waals surface area contributed by atoms with E-state index in [9.17, 15) is 9.67 Å².